The van der Waals surface area contributed by atoms with E-state index in [0.717, 1.165) is 5.56 Å². The summed E-state index contributed by atoms with van der Waals surface area (Å²) in [6, 6.07) is 4.29. The molecule has 7 heteroatoms. The van der Waals surface area contributed by atoms with Crippen LogP contribution in [0.1, 0.15) is 5.56 Å². The lowest BCUT2D eigenvalue weighted by Gasteiger charge is -2.05. The Bertz CT molecular complexity index is 499. The van der Waals surface area contributed by atoms with E-state index in [-0.39, 0.29) is 18.8 Å². The predicted octanol–water partition coefficient (Wildman–Crippen LogP) is -2.82. The van der Waals surface area contributed by atoms with Gasteiger partial charge < -0.3 is 23.2 Å². The molecule has 1 aromatic heterocycles. The number of hydrogen-bond acceptors (Lipinski definition) is 5. The van der Waals surface area contributed by atoms with Crippen LogP contribution in [0.2, 0.25) is 0 Å². The monoisotopic (exact) mass is 242 g/mol. The minimum atomic E-state index is -1.02. The summed E-state index contributed by atoms with van der Waals surface area (Å²) in [5.74, 6) is -1.02. The number of halogens is 1. The molecular weight excluding hydrogens is 234 g/mol. The molecular formula is C9H9ClN3O3-. The predicted molar refractivity (Wildman–Crippen MR) is 51.1 cm³/mol. The van der Waals surface area contributed by atoms with Crippen molar-refractivity contribution in [2.45, 2.75) is 12.5 Å². The molecule has 0 aliphatic rings. The number of carboxylic acids is 1. The molecule has 0 fully saturated rings. The van der Waals surface area contributed by atoms with Gasteiger partial charge in [0.1, 0.15) is 17.1 Å². The summed E-state index contributed by atoms with van der Waals surface area (Å²) in [6.45, 7) is 0. The van der Waals surface area contributed by atoms with Crippen molar-refractivity contribution >= 4 is 17.0 Å². The first-order chi connectivity index (χ1) is 7.16. The summed E-state index contributed by atoms with van der Waals surface area (Å²) < 4.78 is 4.52. The highest BCUT2D eigenvalue weighted by Gasteiger charge is 2.12. The number of benzene rings is 1. The highest BCUT2D eigenvalue weighted by molar-refractivity contribution is 5.75. The molecule has 2 aromatic rings. The van der Waals surface area contributed by atoms with E-state index in [9.17, 15) is 4.79 Å². The summed E-state index contributed by atoms with van der Waals surface area (Å²) >= 11 is 0. The molecule has 1 unspecified atom stereocenters. The number of rotatable bonds is 3. The van der Waals surface area contributed by atoms with Crippen molar-refractivity contribution in [3.63, 3.8) is 0 Å². The Morgan fingerprint density at radius 1 is 1.44 bits per heavy atom. The van der Waals surface area contributed by atoms with Gasteiger partial charge in [-0.15, -0.1) is 0 Å². The molecule has 1 aromatic carbocycles. The summed E-state index contributed by atoms with van der Waals surface area (Å²) in [5.41, 5.74) is 7.45. The molecule has 0 saturated heterocycles. The van der Waals surface area contributed by atoms with Gasteiger partial charge in [0, 0.05) is 0 Å². The van der Waals surface area contributed by atoms with Crippen molar-refractivity contribution in [1.29, 1.82) is 0 Å². The molecule has 0 amide bonds. The summed E-state index contributed by atoms with van der Waals surface area (Å²) in [7, 11) is 0. The third kappa shape index (κ3) is 2.47. The van der Waals surface area contributed by atoms with Gasteiger partial charge >= 0.3 is 5.97 Å². The second-order valence-corrected chi connectivity index (χ2v) is 3.24. The molecule has 0 saturated carbocycles. The Morgan fingerprint density at radius 2 is 2.12 bits per heavy atom. The van der Waals surface area contributed by atoms with Gasteiger partial charge in [0.2, 0.25) is 0 Å². The lowest BCUT2D eigenvalue weighted by molar-refractivity contribution is -0.138. The molecule has 0 aliphatic carbocycles. The van der Waals surface area contributed by atoms with Crippen molar-refractivity contribution < 1.29 is 26.9 Å². The van der Waals surface area contributed by atoms with Crippen molar-refractivity contribution in [2.24, 2.45) is 5.73 Å². The average molecular weight is 243 g/mol. The number of aliphatic carboxylic acids is 1. The number of hydrogen-bond donors (Lipinski definition) is 2. The van der Waals surface area contributed by atoms with Crippen LogP contribution in [-0.4, -0.2) is 27.4 Å². The third-order valence-electron chi connectivity index (χ3n) is 2.09. The van der Waals surface area contributed by atoms with E-state index in [4.69, 9.17) is 10.8 Å². The first kappa shape index (κ1) is 12.4. The fraction of sp³-hybridized carbons (Fsp3) is 0.222. The maximum absolute atomic E-state index is 10.5. The van der Waals surface area contributed by atoms with Crippen LogP contribution in [0.5, 0.6) is 0 Å². The minimum Gasteiger partial charge on any atom is -1.00 e. The van der Waals surface area contributed by atoms with Crippen LogP contribution >= 0.6 is 0 Å². The van der Waals surface area contributed by atoms with Crippen molar-refractivity contribution in [3.8, 4) is 0 Å². The van der Waals surface area contributed by atoms with Gasteiger partial charge in [-0.3, -0.25) is 4.79 Å². The Morgan fingerprint density at radius 3 is 2.81 bits per heavy atom. The first-order valence-electron chi connectivity index (χ1n) is 4.36. The van der Waals surface area contributed by atoms with E-state index in [1.165, 1.54) is 0 Å². The maximum Gasteiger partial charge on any atom is 0.320 e. The van der Waals surface area contributed by atoms with Crippen LogP contribution < -0.4 is 18.1 Å². The van der Waals surface area contributed by atoms with Gasteiger partial charge in [-0.05, 0) is 34.4 Å². The first-order valence-corrected chi connectivity index (χ1v) is 4.36. The average Bonchev–Trinajstić information content (AvgIpc) is 2.64. The zero-order valence-electron chi connectivity index (χ0n) is 8.13. The quantitative estimate of drug-likeness (QED) is 0.602. The standard InChI is InChI=1S/C9H9N3O3.ClH/c10-6(9(13)14)3-5-1-2-7-8(4-5)12-15-11-7;/h1-2,4,6H,3,10H2,(H,13,14);1H/p-1. The third-order valence-corrected chi connectivity index (χ3v) is 2.09. The molecule has 16 heavy (non-hydrogen) atoms. The van der Waals surface area contributed by atoms with Crippen LogP contribution in [0.15, 0.2) is 22.8 Å². The topological polar surface area (TPSA) is 102 Å². The van der Waals surface area contributed by atoms with Crippen molar-refractivity contribution in [1.82, 2.24) is 10.3 Å². The van der Waals surface area contributed by atoms with Gasteiger partial charge in [0.15, 0.2) is 0 Å². The summed E-state index contributed by atoms with van der Waals surface area (Å²) in [4.78, 5) is 10.5. The van der Waals surface area contributed by atoms with Gasteiger partial charge in [0.05, 0.1) is 0 Å². The number of aromatic nitrogens is 2. The number of carboxylic acid groups (broad SMARTS) is 1. The van der Waals surface area contributed by atoms with Gasteiger partial charge in [-0.1, -0.05) is 6.07 Å². The van der Waals surface area contributed by atoms with Crippen LogP contribution in [0.25, 0.3) is 11.0 Å². The molecule has 0 radical (unpaired) electrons. The van der Waals surface area contributed by atoms with Crippen LogP contribution in [0, 0.1) is 0 Å². The van der Waals surface area contributed by atoms with Gasteiger partial charge in [-0.25, -0.2) is 4.63 Å². The van der Waals surface area contributed by atoms with Crippen LogP contribution in [0.3, 0.4) is 0 Å². The molecule has 6 nitrogen and oxygen atoms in total. The molecule has 1 atom stereocenters. The Labute approximate surface area is 96.8 Å². The molecule has 3 N–H and O–H groups in total. The maximum atomic E-state index is 10.5. The van der Waals surface area contributed by atoms with E-state index >= 15 is 0 Å². The molecule has 86 valence electrons. The fourth-order valence-corrected chi connectivity index (χ4v) is 1.30. The van der Waals surface area contributed by atoms with E-state index in [1.54, 1.807) is 18.2 Å². The molecule has 1 heterocycles. The lowest BCUT2D eigenvalue weighted by atomic mass is 10.1. The Kier molecular flexibility index (Phi) is 3.81. The van der Waals surface area contributed by atoms with E-state index < -0.39 is 12.0 Å². The zero-order chi connectivity index (χ0) is 10.8. The van der Waals surface area contributed by atoms with Crippen molar-refractivity contribution in [2.75, 3.05) is 0 Å². The van der Waals surface area contributed by atoms with E-state index in [2.05, 4.69) is 14.9 Å². The fourth-order valence-electron chi connectivity index (χ4n) is 1.30. The lowest BCUT2D eigenvalue weighted by Crippen LogP contribution is -3.00. The highest BCUT2D eigenvalue weighted by Crippen LogP contribution is 2.12. The molecule has 0 aliphatic heterocycles. The number of fused-ring (bicyclic) bond motifs is 1. The van der Waals surface area contributed by atoms with E-state index in [0.29, 0.717) is 11.0 Å². The molecule has 0 spiro atoms. The van der Waals surface area contributed by atoms with Crippen LogP contribution in [-0.2, 0) is 11.2 Å². The second-order valence-electron chi connectivity index (χ2n) is 3.24. The number of nitrogens with two attached hydrogens (primary N) is 1. The highest BCUT2D eigenvalue weighted by atomic mass is 35.5. The SMILES string of the molecule is NC(Cc1ccc2nonc2c1)C(=O)O.[Cl-]. The Hall–Kier alpha value is -1.66. The zero-order valence-corrected chi connectivity index (χ0v) is 8.89. The van der Waals surface area contributed by atoms with Crippen LogP contribution in [0.4, 0.5) is 0 Å². The van der Waals surface area contributed by atoms with Gasteiger partial charge in [0.25, 0.3) is 0 Å². The number of nitrogens with zero attached hydrogens (tertiary/aromatic N) is 2. The van der Waals surface area contributed by atoms with Crippen molar-refractivity contribution in [3.05, 3.63) is 23.8 Å². The second kappa shape index (κ2) is 4.91. The van der Waals surface area contributed by atoms with Gasteiger partial charge in [-0.2, -0.15) is 0 Å². The smallest absolute Gasteiger partial charge is 0.320 e. The summed E-state index contributed by atoms with van der Waals surface area (Å²) in [5, 5.41) is 15.9. The largest absolute Gasteiger partial charge is 1.00 e. The number of carbonyl (C=O) groups is 1. The summed E-state index contributed by atoms with van der Waals surface area (Å²) in [6.07, 6.45) is 0.262. The Balaban J connectivity index is 0.00000128. The minimum absolute atomic E-state index is 0. The molecule has 0 bridgehead atoms. The molecule has 2 rings (SSSR count). The van der Waals surface area contributed by atoms with E-state index in [1.807, 2.05) is 0 Å². The normalized spacial score (nSPS) is 12.1.